The maximum atomic E-state index is 12.3. The van der Waals surface area contributed by atoms with Gasteiger partial charge < -0.3 is 9.47 Å². The average molecular weight is 315 g/mol. The van der Waals surface area contributed by atoms with Crippen molar-refractivity contribution in [2.75, 3.05) is 14.2 Å². The van der Waals surface area contributed by atoms with Gasteiger partial charge in [-0.3, -0.25) is 4.79 Å². The minimum absolute atomic E-state index is 0.0680. The van der Waals surface area contributed by atoms with Crippen LogP contribution in [0.2, 0.25) is 0 Å². The Balaban J connectivity index is 3.03. The summed E-state index contributed by atoms with van der Waals surface area (Å²) in [6.07, 6.45) is 3.58. The van der Waals surface area contributed by atoms with Gasteiger partial charge in [0.1, 0.15) is 17.1 Å². The van der Waals surface area contributed by atoms with Crippen molar-refractivity contribution in [2.24, 2.45) is 0 Å². The minimum atomic E-state index is 0.0680. The summed E-state index contributed by atoms with van der Waals surface area (Å²) in [6, 6.07) is 3.60. The van der Waals surface area contributed by atoms with Crippen molar-refractivity contribution in [1.82, 2.24) is 0 Å². The van der Waals surface area contributed by atoms with E-state index < -0.39 is 0 Å². The molecule has 0 heterocycles. The van der Waals surface area contributed by atoms with Gasteiger partial charge in [-0.25, -0.2) is 0 Å². The Labute approximate surface area is 117 Å². The number of methoxy groups -OCH3 is 2. The fourth-order valence-corrected chi connectivity index (χ4v) is 2.33. The van der Waals surface area contributed by atoms with Crippen LogP contribution in [0.3, 0.4) is 0 Å². The van der Waals surface area contributed by atoms with Gasteiger partial charge in [-0.05, 0) is 34.5 Å². The van der Waals surface area contributed by atoms with Gasteiger partial charge in [0.25, 0.3) is 0 Å². The zero-order valence-electron chi connectivity index (χ0n) is 11.1. The quantitative estimate of drug-likeness (QED) is 0.558. The molecule has 0 unspecified atom stereocenters. The normalized spacial score (nSPS) is 10.2. The van der Waals surface area contributed by atoms with Gasteiger partial charge in [0.15, 0.2) is 5.78 Å². The second kappa shape index (κ2) is 7.41. The molecule has 0 saturated carbocycles. The van der Waals surface area contributed by atoms with Crippen LogP contribution in [0, 0.1) is 0 Å². The summed E-state index contributed by atoms with van der Waals surface area (Å²) < 4.78 is 11.3. The monoisotopic (exact) mass is 314 g/mol. The minimum Gasteiger partial charge on any atom is -0.496 e. The van der Waals surface area contributed by atoms with E-state index in [2.05, 4.69) is 22.9 Å². The first-order valence-electron chi connectivity index (χ1n) is 6.09. The number of unbranched alkanes of at least 4 members (excludes halogenated alkanes) is 2. The molecular formula is C14H19BrO3. The molecule has 0 aliphatic heterocycles. The Bertz CT molecular complexity index is 416. The van der Waals surface area contributed by atoms with Gasteiger partial charge in [-0.15, -0.1) is 0 Å². The second-order valence-corrected chi connectivity index (χ2v) is 4.89. The Kier molecular flexibility index (Phi) is 6.19. The Morgan fingerprint density at radius 1 is 1.22 bits per heavy atom. The van der Waals surface area contributed by atoms with Crippen LogP contribution < -0.4 is 9.47 Å². The van der Waals surface area contributed by atoms with Crippen molar-refractivity contribution in [3.63, 3.8) is 0 Å². The first-order valence-corrected chi connectivity index (χ1v) is 6.88. The fraction of sp³-hybridized carbons (Fsp3) is 0.500. The Morgan fingerprint density at radius 2 is 1.94 bits per heavy atom. The molecule has 0 atom stereocenters. The molecule has 0 saturated heterocycles. The lowest BCUT2D eigenvalue weighted by Crippen LogP contribution is -2.05. The van der Waals surface area contributed by atoms with E-state index >= 15 is 0 Å². The molecular weight excluding hydrogens is 296 g/mol. The summed E-state index contributed by atoms with van der Waals surface area (Å²) in [5.74, 6) is 1.19. The highest BCUT2D eigenvalue weighted by Gasteiger charge is 2.20. The molecule has 0 aromatic heterocycles. The molecule has 3 nitrogen and oxygen atoms in total. The maximum Gasteiger partial charge on any atom is 0.170 e. The summed E-state index contributed by atoms with van der Waals surface area (Å²) in [6.45, 7) is 2.12. The number of rotatable bonds is 7. The number of hydrogen-bond donors (Lipinski definition) is 0. The largest absolute Gasteiger partial charge is 0.496 e. The molecule has 0 radical (unpaired) electrons. The van der Waals surface area contributed by atoms with E-state index in [-0.39, 0.29) is 5.78 Å². The third-order valence-electron chi connectivity index (χ3n) is 2.78. The van der Waals surface area contributed by atoms with E-state index in [9.17, 15) is 4.79 Å². The summed E-state index contributed by atoms with van der Waals surface area (Å²) >= 11 is 3.39. The van der Waals surface area contributed by atoms with Crippen LogP contribution in [0.25, 0.3) is 0 Å². The van der Waals surface area contributed by atoms with Crippen LogP contribution in [0.5, 0.6) is 11.5 Å². The van der Waals surface area contributed by atoms with Crippen molar-refractivity contribution < 1.29 is 14.3 Å². The van der Waals surface area contributed by atoms with E-state index in [1.807, 2.05) is 6.07 Å². The first kappa shape index (κ1) is 15.0. The van der Waals surface area contributed by atoms with Gasteiger partial charge >= 0.3 is 0 Å². The number of benzene rings is 1. The van der Waals surface area contributed by atoms with Crippen molar-refractivity contribution >= 4 is 21.7 Å². The predicted octanol–water partition coefficient (Wildman–Crippen LogP) is 4.23. The van der Waals surface area contributed by atoms with Gasteiger partial charge in [0.05, 0.1) is 18.7 Å². The second-order valence-electron chi connectivity index (χ2n) is 4.04. The number of hydrogen-bond acceptors (Lipinski definition) is 3. The molecule has 0 N–H and O–H groups in total. The number of ketones is 1. The molecule has 0 fully saturated rings. The molecule has 0 bridgehead atoms. The van der Waals surface area contributed by atoms with E-state index in [0.29, 0.717) is 23.5 Å². The zero-order chi connectivity index (χ0) is 13.5. The van der Waals surface area contributed by atoms with E-state index in [1.54, 1.807) is 20.3 Å². The maximum absolute atomic E-state index is 12.3. The molecule has 0 spiro atoms. The van der Waals surface area contributed by atoms with Crippen LogP contribution in [-0.2, 0) is 0 Å². The zero-order valence-corrected chi connectivity index (χ0v) is 12.7. The van der Waals surface area contributed by atoms with E-state index in [4.69, 9.17) is 9.47 Å². The van der Waals surface area contributed by atoms with Gasteiger partial charge in [0, 0.05) is 6.42 Å². The van der Waals surface area contributed by atoms with Crippen LogP contribution in [-0.4, -0.2) is 20.0 Å². The molecule has 0 amide bonds. The molecule has 1 rings (SSSR count). The lowest BCUT2D eigenvalue weighted by molar-refractivity contribution is 0.0973. The Hall–Kier alpha value is -1.03. The number of carbonyl (C=O) groups excluding carboxylic acids is 1. The van der Waals surface area contributed by atoms with Gasteiger partial charge in [-0.2, -0.15) is 0 Å². The standard InChI is InChI=1S/C14H19BrO3/c1-4-5-6-7-11(16)13-12(17-2)9-8-10(15)14(13)18-3/h8-9H,4-7H2,1-3H3. The van der Waals surface area contributed by atoms with Gasteiger partial charge in [0.2, 0.25) is 0 Å². The molecule has 1 aromatic rings. The molecule has 1 aromatic carbocycles. The third kappa shape index (κ3) is 3.48. The predicted molar refractivity (Wildman–Crippen MR) is 75.7 cm³/mol. The van der Waals surface area contributed by atoms with Gasteiger partial charge in [-0.1, -0.05) is 19.8 Å². The van der Waals surface area contributed by atoms with Crippen molar-refractivity contribution in [1.29, 1.82) is 0 Å². The van der Waals surface area contributed by atoms with Crippen molar-refractivity contribution in [3.05, 3.63) is 22.2 Å². The van der Waals surface area contributed by atoms with E-state index in [1.165, 1.54) is 0 Å². The van der Waals surface area contributed by atoms with Crippen LogP contribution >= 0.6 is 15.9 Å². The first-order chi connectivity index (χ1) is 8.65. The number of carbonyl (C=O) groups is 1. The highest BCUT2D eigenvalue weighted by atomic mass is 79.9. The van der Waals surface area contributed by atoms with Crippen LogP contribution in [0.4, 0.5) is 0 Å². The molecule has 0 aliphatic carbocycles. The SMILES string of the molecule is CCCCCC(=O)c1c(OC)ccc(Br)c1OC. The number of halogens is 1. The molecule has 0 aliphatic rings. The molecule has 4 heteroatoms. The average Bonchev–Trinajstić information content (AvgIpc) is 2.38. The number of ether oxygens (including phenoxy) is 2. The topological polar surface area (TPSA) is 35.5 Å². The Morgan fingerprint density at radius 3 is 2.50 bits per heavy atom. The smallest absolute Gasteiger partial charge is 0.170 e. The lowest BCUT2D eigenvalue weighted by Gasteiger charge is -2.13. The van der Waals surface area contributed by atoms with Crippen molar-refractivity contribution in [2.45, 2.75) is 32.6 Å². The van der Waals surface area contributed by atoms with Crippen molar-refractivity contribution in [3.8, 4) is 11.5 Å². The highest BCUT2D eigenvalue weighted by molar-refractivity contribution is 9.10. The number of Topliss-reactive ketones (excluding diaryl/α,β-unsaturated/α-hetero) is 1. The summed E-state index contributed by atoms with van der Waals surface area (Å²) in [5.41, 5.74) is 0.533. The van der Waals surface area contributed by atoms with Crippen LogP contribution in [0.15, 0.2) is 16.6 Å². The molecule has 100 valence electrons. The fourth-order valence-electron chi connectivity index (χ4n) is 1.83. The third-order valence-corrected chi connectivity index (χ3v) is 3.41. The lowest BCUT2D eigenvalue weighted by atomic mass is 10.0. The van der Waals surface area contributed by atoms with Crippen LogP contribution in [0.1, 0.15) is 43.0 Å². The summed E-state index contributed by atoms with van der Waals surface area (Å²) in [4.78, 5) is 12.3. The summed E-state index contributed by atoms with van der Waals surface area (Å²) in [5, 5.41) is 0. The highest BCUT2D eigenvalue weighted by Crippen LogP contribution is 2.36. The molecule has 18 heavy (non-hydrogen) atoms. The van der Waals surface area contributed by atoms with E-state index in [0.717, 1.165) is 23.7 Å². The summed E-state index contributed by atoms with van der Waals surface area (Å²) in [7, 11) is 3.12.